The number of carbonyl (C=O) groups is 1. The van der Waals surface area contributed by atoms with E-state index in [2.05, 4.69) is 28.1 Å². The summed E-state index contributed by atoms with van der Waals surface area (Å²) in [5.74, 6) is 2.51. The largest absolute Gasteiger partial charge is 0.497 e. The van der Waals surface area contributed by atoms with Gasteiger partial charge in [-0.1, -0.05) is 6.07 Å². The van der Waals surface area contributed by atoms with Crippen molar-refractivity contribution in [3.8, 4) is 34.1 Å². The van der Waals surface area contributed by atoms with Crippen LogP contribution in [0.5, 0.6) is 23.0 Å². The maximum absolute atomic E-state index is 12.7. The van der Waals surface area contributed by atoms with Crippen LogP contribution in [-0.2, 0) is 11.3 Å². The van der Waals surface area contributed by atoms with Crippen LogP contribution < -0.4 is 23.8 Å². The first-order chi connectivity index (χ1) is 19.6. The second kappa shape index (κ2) is 13.0. The lowest BCUT2D eigenvalue weighted by molar-refractivity contribution is 0.0204. The number of benzene rings is 2. The fraction of sp³-hybridized carbons (Fsp3) is 0.438. The number of ether oxygens (including phenoxy) is 5. The van der Waals surface area contributed by atoms with E-state index in [-0.39, 0.29) is 12.1 Å². The van der Waals surface area contributed by atoms with Crippen molar-refractivity contribution in [1.82, 2.24) is 9.88 Å². The number of nitrogens with zero attached hydrogens (tertiary/aromatic N) is 3. The Kier molecular flexibility index (Phi) is 9.47. The minimum Gasteiger partial charge on any atom is -0.497 e. The molecule has 1 aliphatic heterocycles. The molecular formula is C32H41N3O6. The van der Waals surface area contributed by atoms with Gasteiger partial charge in [-0.15, -0.1) is 0 Å². The molecule has 9 nitrogen and oxygen atoms in total. The maximum Gasteiger partial charge on any atom is 0.410 e. The van der Waals surface area contributed by atoms with Crippen molar-refractivity contribution in [3.63, 3.8) is 0 Å². The number of rotatable bonds is 9. The second-order valence-electron chi connectivity index (χ2n) is 11.0. The lowest BCUT2D eigenvalue weighted by Crippen LogP contribution is -2.48. The van der Waals surface area contributed by atoms with Crippen LogP contribution in [-0.4, -0.2) is 69.1 Å². The number of pyridine rings is 1. The van der Waals surface area contributed by atoms with Gasteiger partial charge in [0.2, 0.25) is 5.75 Å². The summed E-state index contributed by atoms with van der Waals surface area (Å²) in [5, 5.41) is 0. The van der Waals surface area contributed by atoms with E-state index in [0.29, 0.717) is 36.9 Å². The zero-order valence-corrected chi connectivity index (χ0v) is 25.1. The Labute approximate surface area is 242 Å². The van der Waals surface area contributed by atoms with Gasteiger partial charge in [-0.3, -0.25) is 4.98 Å². The molecular weight excluding hydrogens is 522 g/mol. The van der Waals surface area contributed by atoms with Crippen LogP contribution in [0, 0.1) is 0 Å². The van der Waals surface area contributed by atoms with E-state index in [1.54, 1.807) is 33.3 Å². The summed E-state index contributed by atoms with van der Waals surface area (Å²) >= 11 is 0. The summed E-state index contributed by atoms with van der Waals surface area (Å²) in [5.41, 5.74) is 3.43. The first-order valence-corrected chi connectivity index (χ1v) is 13.8. The van der Waals surface area contributed by atoms with Crippen molar-refractivity contribution < 1.29 is 28.5 Å². The minimum absolute atomic E-state index is 0.214. The quantitative estimate of drug-likeness (QED) is 0.305. The van der Waals surface area contributed by atoms with Gasteiger partial charge in [0, 0.05) is 55.4 Å². The molecule has 3 aromatic rings. The third-order valence-corrected chi connectivity index (χ3v) is 7.09. The van der Waals surface area contributed by atoms with Crippen molar-refractivity contribution in [2.45, 2.75) is 51.8 Å². The fourth-order valence-corrected chi connectivity index (χ4v) is 5.08. The molecule has 1 fully saturated rings. The van der Waals surface area contributed by atoms with E-state index < -0.39 is 5.60 Å². The average molecular weight is 564 g/mol. The van der Waals surface area contributed by atoms with Gasteiger partial charge >= 0.3 is 6.09 Å². The third kappa shape index (κ3) is 7.34. The number of carbonyl (C=O) groups excluding carboxylic acids is 1. The highest BCUT2D eigenvalue weighted by Gasteiger charge is 2.30. The Bertz CT molecular complexity index is 1310. The first-order valence-electron chi connectivity index (χ1n) is 13.8. The second-order valence-corrected chi connectivity index (χ2v) is 11.0. The zero-order valence-electron chi connectivity index (χ0n) is 25.1. The number of likely N-dealkylation sites (tertiary alicyclic amines) is 1. The van der Waals surface area contributed by atoms with Crippen molar-refractivity contribution in [3.05, 3.63) is 60.4 Å². The van der Waals surface area contributed by atoms with Crippen molar-refractivity contribution in [2.75, 3.05) is 46.4 Å². The minimum atomic E-state index is -0.517. The van der Waals surface area contributed by atoms with Crippen LogP contribution in [0.2, 0.25) is 0 Å². The van der Waals surface area contributed by atoms with Gasteiger partial charge in [-0.25, -0.2) is 4.79 Å². The Morgan fingerprint density at radius 3 is 2.17 bits per heavy atom. The van der Waals surface area contributed by atoms with E-state index in [4.69, 9.17) is 23.7 Å². The summed E-state index contributed by atoms with van der Waals surface area (Å²) in [6.07, 6.45) is 5.10. The summed E-state index contributed by atoms with van der Waals surface area (Å²) in [7, 11) is 6.48. The number of methoxy groups -OCH3 is 4. The van der Waals surface area contributed by atoms with E-state index >= 15 is 0 Å². The van der Waals surface area contributed by atoms with Gasteiger partial charge in [0.1, 0.15) is 11.4 Å². The van der Waals surface area contributed by atoms with E-state index in [9.17, 15) is 4.79 Å². The molecule has 4 rings (SSSR count). The Hall–Kier alpha value is -4.14. The first kappa shape index (κ1) is 29.8. The zero-order chi connectivity index (χ0) is 29.6. The van der Waals surface area contributed by atoms with Crippen LogP contribution in [0.15, 0.2) is 54.9 Å². The van der Waals surface area contributed by atoms with E-state index in [0.717, 1.165) is 41.0 Å². The molecule has 1 aliphatic rings. The summed E-state index contributed by atoms with van der Waals surface area (Å²) < 4.78 is 27.8. The van der Waals surface area contributed by atoms with Crippen molar-refractivity contribution in [1.29, 1.82) is 0 Å². The molecule has 41 heavy (non-hydrogen) atoms. The van der Waals surface area contributed by atoms with E-state index in [1.807, 2.05) is 57.4 Å². The molecule has 1 saturated heterocycles. The standard InChI is InChI=1S/C32H41N3O6/c1-32(2,3)41-31(36)34-13-11-25(12-14-34)35(26-9-8-10-27(18-26)37-4)21-22-15-24(20-33-19-22)23-16-28(38-5)30(40-7)29(17-23)39-6/h8-10,15-20,25H,11-14,21H2,1-7H3. The number of hydrogen-bond donors (Lipinski definition) is 0. The van der Waals surface area contributed by atoms with Crippen LogP contribution in [0.4, 0.5) is 10.5 Å². The van der Waals surface area contributed by atoms with Crippen molar-refractivity contribution >= 4 is 11.8 Å². The van der Waals surface area contributed by atoms with Crippen molar-refractivity contribution in [2.24, 2.45) is 0 Å². The van der Waals surface area contributed by atoms with Crippen LogP contribution in [0.1, 0.15) is 39.2 Å². The predicted molar refractivity (Wildman–Crippen MR) is 159 cm³/mol. The number of anilines is 1. The lowest BCUT2D eigenvalue weighted by atomic mass is 10.0. The molecule has 0 unspecified atom stereocenters. The maximum atomic E-state index is 12.7. The Morgan fingerprint density at radius 2 is 1.59 bits per heavy atom. The van der Waals surface area contributed by atoms with Gasteiger partial charge < -0.3 is 33.5 Å². The molecule has 0 atom stereocenters. The van der Waals surface area contributed by atoms with Gasteiger partial charge in [0.05, 0.1) is 28.4 Å². The number of aromatic nitrogens is 1. The highest BCUT2D eigenvalue weighted by atomic mass is 16.6. The molecule has 0 spiro atoms. The molecule has 0 radical (unpaired) electrons. The molecule has 9 heteroatoms. The normalized spacial score (nSPS) is 13.9. The number of piperidine rings is 1. The topological polar surface area (TPSA) is 82.6 Å². The predicted octanol–water partition coefficient (Wildman–Crippen LogP) is 6.19. The smallest absolute Gasteiger partial charge is 0.410 e. The molecule has 0 bridgehead atoms. The summed E-state index contributed by atoms with van der Waals surface area (Å²) in [6.45, 7) is 7.57. The molecule has 0 aliphatic carbocycles. The van der Waals surface area contributed by atoms with Gasteiger partial charge in [0.15, 0.2) is 11.5 Å². The molecule has 0 N–H and O–H groups in total. The summed E-state index contributed by atoms with van der Waals surface area (Å²) in [4.78, 5) is 21.4. The summed E-state index contributed by atoms with van der Waals surface area (Å²) in [6, 6.07) is 14.3. The number of amides is 1. The number of hydrogen-bond acceptors (Lipinski definition) is 8. The third-order valence-electron chi connectivity index (χ3n) is 7.09. The fourth-order valence-electron chi connectivity index (χ4n) is 5.08. The van der Waals surface area contributed by atoms with Gasteiger partial charge in [0.25, 0.3) is 0 Å². The Balaban J connectivity index is 1.61. The van der Waals surface area contributed by atoms with Crippen LogP contribution in [0.3, 0.4) is 0 Å². The molecule has 220 valence electrons. The molecule has 0 saturated carbocycles. The van der Waals surface area contributed by atoms with Crippen LogP contribution in [0.25, 0.3) is 11.1 Å². The van der Waals surface area contributed by atoms with Gasteiger partial charge in [-0.2, -0.15) is 0 Å². The molecule has 1 amide bonds. The average Bonchev–Trinajstić information content (AvgIpc) is 2.98. The van der Waals surface area contributed by atoms with E-state index in [1.165, 1.54) is 0 Å². The van der Waals surface area contributed by atoms with Gasteiger partial charge in [-0.05, 0) is 75.1 Å². The molecule has 2 heterocycles. The highest BCUT2D eigenvalue weighted by Crippen LogP contribution is 2.41. The van der Waals surface area contributed by atoms with Crippen LogP contribution >= 0.6 is 0 Å². The highest BCUT2D eigenvalue weighted by molar-refractivity contribution is 5.71. The Morgan fingerprint density at radius 1 is 0.902 bits per heavy atom. The lowest BCUT2D eigenvalue weighted by Gasteiger charge is -2.40. The SMILES string of the molecule is COc1cccc(N(Cc2cncc(-c3cc(OC)c(OC)c(OC)c3)c2)C2CCN(C(=O)OC(C)(C)C)CC2)c1. The monoisotopic (exact) mass is 563 g/mol. The molecule has 2 aromatic carbocycles. The molecule has 1 aromatic heterocycles.